The summed E-state index contributed by atoms with van der Waals surface area (Å²) < 4.78 is 17.5. The Hall–Kier alpha value is -2.24. The number of nitrogens with zero attached hydrogens (tertiary/aromatic N) is 2. The predicted molar refractivity (Wildman–Crippen MR) is 47.7 cm³/mol. The van der Waals surface area contributed by atoms with Crippen LogP contribution in [0.5, 0.6) is 5.88 Å². The predicted octanol–water partition coefficient (Wildman–Crippen LogP) is 1.16. The molecule has 2 aromatic rings. The van der Waals surface area contributed by atoms with E-state index in [0.29, 0.717) is 0 Å². The third-order valence-electron chi connectivity index (χ3n) is 1.65. The van der Waals surface area contributed by atoms with Crippen LogP contribution in [0.15, 0.2) is 30.7 Å². The van der Waals surface area contributed by atoms with Crippen LogP contribution in [0, 0.1) is 5.82 Å². The van der Waals surface area contributed by atoms with Gasteiger partial charge in [-0.1, -0.05) is 0 Å². The number of ether oxygens (including phenoxy) is 1. The first-order valence-electron chi connectivity index (χ1n) is 4.08. The molecule has 2 rings (SSSR count). The molecule has 0 aliphatic rings. The van der Waals surface area contributed by atoms with Crippen molar-refractivity contribution in [3.8, 4) is 5.88 Å². The summed E-state index contributed by atoms with van der Waals surface area (Å²) in [5, 5.41) is 5.59. The van der Waals surface area contributed by atoms with Crippen molar-refractivity contribution in [2.75, 3.05) is 0 Å². The fraction of sp³-hybridized carbons (Fsp3) is 0. The van der Waals surface area contributed by atoms with Gasteiger partial charge in [0.05, 0.1) is 11.8 Å². The molecule has 0 saturated heterocycles. The molecule has 0 fully saturated rings. The summed E-state index contributed by atoms with van der Waals surface area (Å²) in [6.45, 7) is 0. The van der Waals surface area contributed by atoms with E-state index >= 15 is 0 Å². The highest BCUT2D eigenvalue weighted by Gasteiger charge is 2.12. The minimum Gasteiger partial charge on any atom is -0.401 e. The molecule has 2 heterocycles. The molecule has 0 aliphatic carbocycles. The topological polar surface area (TPSA) is 67.9 Å². The van der Waals surface area contributed by atoms with Gasteiger partial charge in [-0.25, -0.2) is 9.89 Å². The van der Waals surface area contributed by atoms with Crippen molar-refractivity contribution in [1.82, 2.24) is 15.2 Å². The van der Waals surface area contributed by atoms with Crippen LogP contribution < -0.4 is 4.74 Å². The quantitative estimate of drug-likeness (QED) is 0.750. The molecular formula is C9H6FN3O2. The second-order valence-electron chi connectivity index (χ2n) is 2.68. The average molecular weight is 207 g/mol. The second-order valence-corrected chi connectivity index (χ2v) is 2.68. The first-order chi connectivity index (χ1) is 7.27. The molecule has 0 atom stereocenters. The maximum Gasteiger partial charge on any atom is 0.346 e. The molecule has 0 aromatic carbocycles. The summed E-state index contributed by atoms with van der Waals surface area (Å²) in [4.78, 5) is 15.1. The molecule has 0 amide bonds. The Morgan fingerprint density at radius 3 is 2.93 bits per heavy atom. The number of rotatable bonds is 2. The van der Waals surface area contributed by atoms with Gasteiger partial charge < -0.3 is 4.74 Å². The lowest BCUT2D eigenvalue weighted by Crippen LogP contribution is -2.09. The highest BCUT2D eigenvalue weighted by Crippen LogP contribution is 2.12. The molecule has 0 aliphatic heterocycles. The van der Waals surface area contributed by atoms with Crippen molar-refractivity contribution in [2.45, 2.75) is 0 Å². The van der Waals surface area contributed by atoms with E-state index in [-0.39, 0.29) is 11.4 Å². The molecular weight excluding hydrogens is 201 g/mol. The number of hydrogen-bond acceptors (Lipinski definition) is 4. The molecule has 6 heteroatoms. The Bertz CT molecular complexity index is 469. The summed E-state index contributed by atoms with van der Waals surface area (Å²) in [5.41, 5.74) is 0.242. The van der Waals surface area contributed by atoms with Crippen LogP contribution in [0.1, 0.15) is 10.4 Å². The normalized spacial score (nSPS) is 9.93. The van der Waals surface area contributed by atoms with Crippen molar-refractivity contribution in [3.63, 3.8) is 0 Å². The van der Waals surface area contributed by atoms with E-state index in [4.69, 9.17) is 4.74 Å². The monoisotopic (exact) mass is 207 g/mol. The van der Waals surface area contributed by atoms with E-state index in [1.807, 2.05) is 0 Å². The summed E-state index contributed by atoms with van der Waals surface area (Å²) in [7, 11) is 0. The molecule has 15 heavy (non-hydrogen) atoms. The van der Waals surface area contributed by atoms with Gasteiger partial charge in [0.25, 0.3) is 5.88 Å². The zero-order valence-corrected chi connectivity index (χ0v) is 7.48. The van der Waals surface area contributed by atoms with Gasteiger partial charge in [-0.15, -0.1) is 0 Å². The third kappa shape index (κ3) is 1.98. The average Bonchev–Trinajstić information content (AvgIpc) is 2.66. The number of carbonyl (C=O) groups excluding carboxylic acids is 1. The summed E-state index contributed by atoms with van der Waals surface area (Å²) in [5.74, 6) is -1.71. The van der Waals surface area contributed by atoms with Gasteiger partial charge in [-0.05, 0) is 12.1 Å². The number of halogens is 1. The standard InChI is InChI=1S/C9H6FN3O2/c10-7-5-12-13-8(7)15-9(14)6-2-1-3-11-4-6/h1-5H,(H,12,13). The van der Waals surface area contributed by atoms with Crippen LogP contribution >= 0.6 is 0 Å². The molecule has 0 spiro atoms. The number of aromatic amines is 1. The van der Waals surface area contributed by atoms with Gasteiger partial charge in [-0.3, -0.25) is 4.98 Å². The maximum atomic E-state index is 12.8. The molecule has 0 unspecified atom stereocenters. The fourth-order valence-electron chi connectivity index (χ4n) is 0.966. The van der Waals surface area contributed by atoms with E-state index in [9.17, 15) is 9.18 Å². The van der Waals surface area contributed by atoms with E-state index in [0.717, 1.165) is 6.20 Å². The molecule has 76 valence electrons. The number of aromatic nitrogens is 3. The van der Waals surface area contributed by atoms with Gasteiger partial charge in [0.15, 0.2) is 0 Å². The number of hydrogen-bond donors (Lipinski definition) is 1. The number of pyridine rings is 1. The summed E-state index contributed by atoms with van der Waals surface area (Å²) in [6, 6.07) is 3.10. The summed E-state index contributed by atoms with van der Waals surface area (Å²) in [6.07, 6.45) is 3.77. The van der Waals surface area contributed by atoms with E-state index in [1.54, 1.807) is 6.07 Å². The molecule has 0 bridgehead atoms. The van der Waals surface area contributed by atoms with Crippen molar-refractivity contribution in [2.24, 2.45) is 0 Å². The zero-order valence-electron chi connectivity index (χ0n) is 7.48. The van der Waals surface area contributed by atoms with Gasteiger partial charge in [0.2, 0.25) is 5.82 Å². The van der Waals surface area contributed by atoms with Gasteiger partial charge in [0, 0.05) is 12.4 Å². The molecule has 2 aromatic heterocycles. The minimum atomic E-state index is -0.716. The van der Waals surface area contributed by atoms with Gasteiger partial charge in [0.1, 0.15) is 0 Å². The minimum absolute atomic E-state index is 0.242. The van der Waals surface area contributed by atoms with Crippen molar-refractivity contribution in [1.29, 1.82) is 0 Å². The van der Waals surface area contributed by atoms with Crippen LogP contribution in [-0.4, -0.2) is 21.2 Å². The lowest BCUT2D eigenvalue weighted by molar-refractivity contribution is 0.0720. The largest absolute Gasteiger partial charge is 0.401 e. The van der Waals surface area contributed by atoms with Crippen LogP contribution in [0.3, 0.4) is 0 Å². The third-order valence-corrected chi connectivity index (χ3v) is 1.65. The second kappa shape index (κ2) is 3.87. The van der Waals surface area contributed by atoms with Crippen LogP contribution in [0.2, 0.25) is 0 Å². The molecule has 0 radical (unpaired) electrons. The Kier molecular flexibility index (Phi) is 2.40. The van der Waals surface area contributed by atoms with Crippen molar-refractivity contribution < 1.29 is 13.9 Å². The molecule has 1 N–H and O–H groups in total. The van der Waals surface area contributed by atoms with E-state index < -0.39 is 11.8 Å². The number of esters is 1. The Labute approximate surface area is 83.9 Å². The Morgan fingerprint density at radius 1 is 1.47 bits per heavy atom. The lowest BCUT2D eigenvalue weighted by Gasteiger charge is -2.00. The number of carbonyl (C=O) groups is 1. The lowest BCUT2D eigenvalue weighted by atomic mass is 10.3. The van der Waals surface area contributed by atoms with E-state index in [2.05, 4.69) is 15.2 Å². The number of H-pyrrole nitrogens is 1. The zero-order chi connectivity index (χ0) is 10.7. The maximum absolute atomic E-state index is 12.8. The van der Waals surface area contributed by atoms with E-state index in [1.165, 1.54) is 18.5 Å². The Morgan fingerprint density at radius 2 is 2.33 bits per heavy atom. The first-order valence-corrected chi connectivity index (χ1v) is 4.08. The van der Waals surface area contributed by atoms with Gasteiger partial charge >= 0.3 is 5.97 Å². The molecule has 5 nitrogen and oxygen atoms in total. The van der Waals surface area contributed by atoms with Crippen molar-refractivity contribution >= 4 is 5.97 Å². The van der Waals surface area contributed by atoms with Gasteiger partial charge in [-0.2, -0.15) is 9.49 Å². The van der Waals surface area contributed by atoms with Crippen LogP contribution in [-0.2, 0) is 0 Å². The SMILES string of the molecule is O=C(Oc1[nH]ncc1F)c1cccnc1. The Balaban J connectivity index is 2.15. The smallest absolute Gasteiger partial charge is 0.346 e. The highest BCUT2D eigenvalue weighted by molar-refractivity contribution is 5.90. The van der Waals surface area contributed by atoms with Crippen molar-refractivity contribution in [3.05, 3.63) is 42.1 Å². The first kappa shape index (κ1) is 9.32. The summed E-state index contributed by atoms with van der Waals surface area (Å²) >= 11 is 0. The fourth-order valence-corrected chi connectivity index (χ4v) is 0.966. The van der Waals surface area contributed by atoms with Crippen LogP contribution in [0.4, 0.5) is 4.39 Å². The van der Waals surface area contributed by atoms with Crippen LogP contribution in [0.25, 0.3) is 0 Å². The highest BCUT2D eigenvalue weighted by atomic mass is 19.1. The molecule has 0 saturated carbocycles. The number of nitrogens with one attached hydrogen (secondary N) is 1.